The van der Waals surface area contributed by atoms with Crippen molar-refractivity contribution in [3.05, 3.63) is 71.2 Å². The number of nitrogens with one attached hydrogen (secondary N) is 1. The van der Waals surface area contributed by atoms with Gasteiger partial charge >= 0.3 is 0 Å². The van der Waals surface area contributed by atoms with E-state index in [1.165, 1.54) is 20.2 Å². The van der Waals surface area contributed by atoms with Crippen molar-refractivity contribution in [3.8, 4) is 11.3 Å². The molecule has 0 radical (unpaired) electrons. The van der Waals surface area contributed by atoms with Crippen LogP contribution < -0.4 is 5.32 Å². The summed E-state index contributed by atoms with van der Waals surface area (Å²) in [4.78, 5) is 16.6. The summed E-state index contributed by atoms with van der Waals surface area (Å²) in [5.74, 6) is 0.828. The lowest BCUT2D eigenvalue weighted by atomic mass is 10.2. The van der Waals surface area contributed by atoms with Crippen molar-refractivity contribution in [2.24, 2.45) is 0 Å². The molecule has 0 saturated heterocycles. The highest BCUT2D eigenvalue weighted by Gasteiger charge is 2.20. The number of benzene rings is 2. The van der Waals surface area contributed by atoms with Crippen LogP contribution in [0.4, 0.5) is 0 Å². The fraction of sp³-hybridized carbons (Fsp3) is 0.238. The first-order valence-corrected chi connectivity index (χ1v) is 11.1. The Bertz CT molecular complexity index is 1130. The summed E-state index contributed by atoms with van der Waals surface area (Å²) < 4.78 is 31.7. The first-order valence-electron chi connectivity index (χ1n) is 9.25. The number of oxazole rings is 1. The minimum absolute atomic E-state index is 0.115. The minimum atomic E-state index is -3.59. The monoisotopic (exact) mass is 447 g/mol. The molecular formula is C21H22ClN3O4S. The lowest BCUT2D eigenvalue weighted by Gasteiger charge is -2.15. The van der Waals surface area contributed by atoms with Gasteiger partial charge in [0.1, 0.15) is 0 Å². The zero-order valence-corrected chi connectivity index (χ0v) is 18.2. The molecule has 30 heavy (non-hydrogen) atoms. The van der Waals surface area contributed by atoms with E-state index in [4.69, 9.17) is 16.0 Å². The molecule has 3 aromatic rings. The summed E-state index contributed by atoms with van der Waals surface area (Å²) in [7, 11) is -0.645. The maximum atomic E-state index is 12.4. The van der Waals surface area contributed by atoms with Gasteiger partial charge in [0, 0.05) is 44.1 Å². The van der Waals surface area contributed by atoms with Crippen LogP contribution in [-0.2, 0) is 27.8 Å². The number of aryl methyl sites for hydroxylation is 1. The largest absolute Gasteiger partial charge is 0.441 e. The van der Waals surface area contributed by atoms with Gasteiger partial charge in [-0.05, 0) is 35.9 Å². The third kappa shape index (κ3) is 5.27. The topological polar surface area (TPSA) is 92.5 Å². The molecule has 7 nitrogen and oxygen atoms in total. The van der Waals surface area contributed by atoms with Crippen LogP contribution in [0.2, 0.25) is 5.02 Å². The quantitative estimate of drug-likeness (QED) is 0.570. The minimum Gasteiger partial charge on any atom is -0.441 e. The van der Waals surface area contributed by atoms with Gasteiger partial charge in [-0.25, -0.2) is 17.7 Å². The molecule has 1 heterocycles. The Balaban J connectivity index is 1.57. The molecular weight excluding hydrogens is 426 g/mol. The number of aromatic nitrogens is 1. The van der Waals surface area contributed by atoms with Gasteiger partial charge < -0.3 is 9.73 Å². The lowest BCUT2D eigenvalue weighted by Crippen LogP contribution is -2.27. The molecule has 0 aliphatic carbocycles. The van der Waals surface area contributed by atoms with Crippen molar-refractivity contribution in [3.63, 3.8) is 0 Å². The molecule has 158 valence electrons. The van der Waals surface area contributed by atoms with Crippen molar-refractivity contribution in [2.45, 2.75) is 24.3 Å². The molecule has 0 fully saturated rings. The van der Waals surface area contributed by atoms with Gasteiger partial charge in [-0.1, -0.05) is 29.8 Å². The van der Waals surface area contributed by atoms with Crippen molar-refractivity contribution < 1.29 is 17.6 Å². The third-order valence-corrected chi connectivity index (χ3v) is 6.62. The van der Waals surface area contributed by atoms with Gasteiger partial charge in [0.25, 0.3) is 0 Å². The Morgan fingerprint density at radius 3 is 2.53 bits per heavy atom. The van der Waals surface area contributed by atoms with Crippen LogP contribution in [-0.4, -0.2) is 37.7 Å². The number of sulfonamides is 1. The SMILES string of the molecule is CN(C)S(=O)(=O)c1ccccc1CNC(=O)CCc1ncc(-c2ccc(Cl)cc2)o1. The van der Waals surface area contributed by atoms with E-state index in [0.29, 0.717) is 28.7 Å². The predicted molar refractivity (Wildman–Crippen MR) is 114 cm³/mol. The summed E-state index contributed by atoms with van der Waals surface area (Å²) in [5.41, 5.74) is 1.38. The highest BCUT2D eigenvalue weighted by molar-refractivity contribution is 7.89. The molecule has 0 atom stereocenters. The van der Waals surface area contributed by atoms with Crippen LogP contribution in [0, 0.1) is 0 Å². The Morgan fingerprint density at radius 2 is 1.83 bits per heavy atom. The zero-order chi connectivity index (χ0) is 21.7. The van der Waals surface area contributed by atoms with Crippen molar-refractivity contribution in [1.82, 2.24) is 14.6 Å². The Hall–Kier alpha value is -2.68. The molecule has 1 aromatic heterocycles. The van der Waals surface area contributed by atoms with E-state index in [1.54, 1.807) is 36.5 Å². The highest BCUT2D eigenvalue weighted by Crippen LogP contribution is 2.23. The van der Waals surface area contributed by atoms with Crippen LogP contribution in [0.15, 0.2) is 64.0 Å². The molecule has 0 spiro atoms. The second kappa shape index (κ2) is 9.42. The summed E-state index contributed by atoms with van der Waals surface area (Å²) in [6.07, 6.45) is 2.11. The molecule has 0 aliphatic rings. The van der Waals surface area contributed by atoms with E-state index in [9.17, 15) is 13.2 Å². The number of hydrogen-bond donors (Lipinski definition) is 1. The van der Waals surface area contributed by atoms with Gasteiger partial charge in [0.15, 0.2) is 11.7 Å². The molecule has 3 rings (SSSR count). The first kappa shape index (κ1) is 22.0. The molecule has 9 heteroatoms. The smallest absolute Gasteiger partial charge is 0.242 e. The van der Waals surface area contributed by atoms with Crippen molar-refractivity contribution >= 4 is 27.5 Å². The fourth-order valence-electron chi connectivity index (χ4n) is 2.77. The van der Waals surface area contributed by atoms with Crippen LogP contribution >= 0.6 is 11.6 Å². The molecule has 0 saturated carbocycles. The van der Waals surface area contributed by atoms with Gasteiger partial charge in [-0.3, -0.25) is 4.79 Å². The van der Waals surface area contributed by atoms with Crippen LogP contribution in [0.25, 0.3) is 11.3 Å². The molecule has 1 N–H and O–H groups in total. The van der Waals surface area contributed by atoms with Crippen LogP contribution in [0.1, 0.15) is 17.9 Å². The predicted octanol–water partition coefficient (Wildman–Crippen LogP) is 3.49. The summed E-state index contributed by atoms with van der Waals surface area (Å²) >= 11 is 5.89. The zero-order valence-electron chi connectivity index (χ0n) is 16.6. The number of amides is 1. The van der Waals surface area contributed by atoms with Gasteiger partial charge in [0.05, 0.1) is 11.1 Å². The molecule has 0 aliphatic heterocycles. The highest BCUT2D eigenvalue weighted by atomic mass is 35.5. The summed E-state index contributed by atoms with van der Waals surface area (Å²) in [5, 5.41) is 3.39. The first-order chi connectivity index (χ1) is 14.3. The fourth-order valence-corrected chi connectivity index (χ4v) is 4.02. The van der Waals surface area contributed by atoms with Crippen LogP contribution in [0.5, 0.6) is 0 Å². The second-order valence-electron chi connectivity index (χ2n) is 6.80. The summed E-state index contributed by atoms with van der Waals surface area (Å²) in [6, 6.07) is 13.8. The molecule has 1 amide bonds. The maximum Gasteiger partial charge on any atom is 0.242 e. The average molecular weight is 448 g/mol. The molecule has 2 aromatic carbocycles. The number of carbonyl (C=O) groups excluding carboxylic acids is 1. The Kier molecular flexibility index (Phi) is 6.91. The van der Waals surface area contributed by atoms with E-state index < -0.39 is 10.0 Å². The number of hydrogen-bond acceptors (Lipinski definition) is 5. The van der Waals surface area contributed by atoms with E-state index in [1.807, 2.05) is 12.1 Å². The number of rotatable bonds is 8. The van der Waals surface area contributed by atoms with Gasteiger partial charge in [-0.15, -0.1) is 0 Å². The number of nitrogens with zero attached hydrogens (tertiary/aromatic N) is 2. The van der Waals surface area contributed by atoms with Crippen LogP contribution in [0.3, 0.4) is 0 Å². The van der Waals surface area contributed by atoms with E-state index in [0.717, 1.165) is 9.87 Å². The second-order valence-corrected chi connectivity index (χ2v) is 9.35. The van der Waals surface area contributed by atoms with E-state index >= 15 is 0 Å². The van der Waals surface area contributed by atoms with Crippen molar-refractivity contribution in [1.29, 1.82) is 0 Å². The van der Waals surface area contributed by atoms with Crippen molar-refractivity contribution in [2.75, 3.05) is 14.1 Å². The number of halogens is 1. The summed E-state index contributed by atoms with van der Waals surface area (Å²) in [6.45, 7) is 0.115. The third-order valence-electron chi connectivity index (χ3n) is 4.46. The Labute approximate surface area is 180 Å². The standard InChI is InChI=1S/C21H22ClN3O4S/c1-25(2)30(27,28)19-6-4-3-5-16(19)13-23-20(26)11-12-21-24-14-18(29-21)15-7-9-17(22)10-8-15/h3-10,14H,11-13H2,1-2H3,(H,23,26). The molecule has 0 unspecified atom stereocenters. The molecule has 0 bridgehead atoms. The van der Waals surface area contributed by atoms with Gasteiger partial charge in [0.2, 0.25) is 15.9 Å². The van der Waals surface area contributed by atoms with E-state index in [2.05, 4.69) is 10.3 Å². The number of carbonyl (C=O) groups is 1. The average Bonchev–Trinajstić information content (AvgIpc) is 3.20. The van der Waals surface area contributed by atoms with Gasteiger partial charge in [-0.2, -0.15) is 0 Å². The normalized spacial score (nSPS) is 11.6. The lowest BCUT2D eigenvalue weighted by molar-refractivity contribution is -0.121. The van der Waals surface area contributed by atoms with E-state index in [-0.39, 0.29) is 23.8 Å². The maximum absolute atomic E-state index is 12.4. The Morgan fingerprint density at radius 1 is 1.13 bits per heavy atom.